The van der Waals surface area contributed by atoms with Crippen LogP contribution in [0.3, 0.4) is 0 Å². The van der Waals surface area contributed by atoms with E-state index < -0.39 is 5.41 Å². The molecule has 1 saturated heterocycles. The first-order chi connectivity index (χ1) is 10.1. The molecule has 0 spiro atoms. The van der Waals surface area contributed by atoms with Crippen LogP contribution in [0.1, 0.15) is 42.5 Å². The monoisotopic (exact) mass is 287 g/mol. The Morgan fingerprint density at radius 3 is 2.86 bits per heavy atom. The maximum absolute atomic E-state index is 12.5. The number of carbonyl (C=O) groups excluding carboxylic acids is 2. The molecule has 2 amide bonds. The summed E-state index contributed by atoms with van der Waals surface area (Å²) in [6, 6.07) is 3.51. The Morgan fingerprint density at radius 1 is 1.43 bits per heavy atom. The lowest BCUT2D eigenvalue weighted by Gasteiger charge is -2.41. The summed E-state index contributed by atoms with van der Waals surface area (Å²) in [6.45, 7) is 1.14. The van der Waals surface area contributed by atoms with Crippen LogP contribution < -0.4 is 5.73 Å². The van der Waals surface area contributed by atoms with Crippen molar-refractivity contribution in [1.82, 2.24) is 9.88 Å². The summed E-state index contributed by atoms with van der Waals surface area (Å²) in [5.41, 5.74) is 5.73. The molecule has 21 heavy (non-hydrogen) atoms. The van der Waals surface area contributed by atoms with E-state index in [0.717, 1.165) is 19.3 Å². The van der Waals surface area contributed by atoms with E-state index in [4.69, 9.17) is 5.73 Å². The predicted molar refractivity (Wildman–Crippen MR) is 78.3 cm³/mol. The van der Waals surface area contributed by atoms with Gasteiger partial charge in [0.2, 0.25) is 5.91 Å². The molecule has 2 fully saturated rings. The fourth-order valence-electron chi connectivity index (χ4n) is 3.32. The van der Waals surface area contributed by atoms with E-state index in [1.54, 1.807) is 29.4 Å². The van der Waals surface area contributed by atoms with Gasteiger partial charge in [0.15, 0.2) is 0 Å². The summed E-state index contributed by atoms with van der Waals surface area (Å²) in [4.78, 5) is 30.3. The quantitative estimate of drug-likeness (QED) is 0.913. The minimum Gasteiger partial charge on any atom is -0.369 e. The molecule has 1 atom stereocenters. The number of hydrogen-bond acceptors (Lipinski definition) is 3. The highest BCUT2D eigenvalue weighted by atomic mass is 16.2. The smallest absolute Gasteiger partial charge is 0.255 e. The molecule has 2 N–H and O–H groups in total. The molecule has 1 aliphatic heterocycles. The Balaban J connectivity index is 1.77. The molecule has 0 radical (unpaired) electrons. The fraction of sp³-hybridized carbons (Fsp3) is 0.562. The van der Waals surface area contributed by atoms with Gasteiger partial charge >= 0.3 is 0 Å². The number of nitrogens with two attached hydrogens (primary N) is 1. The molecule has 1 aromatic rings. The summed E-state index contributed by atoms with van der Waals surface area (Å²) in [6.07, 6.45) is 8.06. The molecule has 0 bridgehead atoms. The molecule has 2 heterocycles. The average molecular weight is 287 g/mol. The van der Waals surface area contributed by atoms with Gasteiger partial charge in [-0.15, -0.1) is 0 Å². The van der Waals surface area contributed by atoms with Crippen LogP contribution in [0, 0.1) is 11.3 Å². The molecule has 1 aliphatic carbocycles. The van der Waals surface area contributed by atoms with Crippen LogP contribution in [0.15, 0.2) is 24.5 Å². The van der Waals surface area contributed by atoms with Crippen molar-refractivity contribution in [1.29, 1.82) is 0 Å². The summed E-state index contributed by atoms with van der Waals surface area (Å²) < 4.78 is 0. The van der Waals surface area contributed by atoms with E-state index in [-0.39, 0.29) is 11.8 Å². The van der Waals surface area contributed by atoms with E-state index in [0.29, 0.717) is 24.6 Å². The summed E-state index contributed by atoms with van der Waals surface area (Å²) in [5, 5.41) is 0. The molecular formula is C16H21N3O2. The van der Waals surface area contributed by atoms with Crippen molar-refractivity contribution in [2.75, 3.05) is 13.1 Å². The van der Waals surface area contributed by atoms with Crippen molar-refractivity contribution in [2.45, 2.75) is 32.1 Å². The van der Waals surface area contributed by atoms with Crippen molar-refractivity contribution in [3.63, 3.8) is 0 Å². The summed E-state index contributed by atoms with van der Waals surface area (Å²) in [5.74, 6) is 0.313. The zero-order valence-corrected chi connectivity index (χ0v) is 12.1. The molecular weight excluding hydrogens is 266 g/mol. The van der Waals surface area contributed by atoms with Gasteiger partial charge in [0.25, 0.3) is 5.91 Å². The molecule has 1 unspecified atom stereocenters. The van der Waals surface area contributed by atoms with Gasteiger partial charge in [0, 0.05) is 25.5 Å². The number of nitrogens with zero attached hydrogens (tertiary/aromatic N) is 2. The predicted octanol–water partition coefficient (Wildman–Crippen LogP) is 1.59. The zero-order valence-electron chi connectivity index (χ0n) is 12.1. The molecule has 1 saturated carbocycles. The fourth-order valence-corrected chi connectivity index (χ4v) is 3.32. The third-order valence-electron chi connectivity index (χ3n) is 4.67. The molecule has 112 valence electrons. The van der Waals surface area contributed by atoms with Gasteiger partial charge in [-0.1, -0.05) is 12.8 Å². The van der Waals surface area contributed by atoms with Gasteiger partial charge in [0.05, 0.1) is 11.0 Å². The van der Waals surface area contributed by atoms with E-state index in [1.807, 2.05) is 0 Å². The lowest BCUT2D eigenvalue weighted by atomic mass is 9.75. The maximum atomic E-state index is 12.5. The highest BCUT2D eigenvalue weighted by Crippen LogP contribution is 2.44. The van der Waals surface area contributed by atoms with E-state index in [1.165, 1.54) is 12.8 Å². The number of carbonyl (C=O) groups is 2. The molecule has 0 aromatic carbocycles. The Hall–Kier alpha value is -1.91. The first kappa shape index (κ1) is 14.0. The van der Waals surface area contributed by atoms with Crippen LogP contribution in [0.25, 0.3) is 0 Å². The zero-order chi connectivity index (χ0) is 14.9. The van der Waals surface area contributed by atoms with Crippen LogP contribution in [-0.2, 0) is 4.79 Å². The topological polar surface area (TPSA) is 76.3 Å². The number of pyridine rings is 1. The van der Waals surface area contributed by atoms with Crippen molar-refractivity contribution in [3.8, 4) is 0 Å². The van der Waals surface area contributed by atoms with E-state index >= 15 is 0 Å². The van der Waals surface area contributed by atoms with Gasteiger partial charge in [-0.3, -0.25) is 14.6 Å². The van der Waals surface area contributed by atoms with E-state index in [9.17, 15) is 9.59 Å². The van der Waals surface area contributed by atoms with Crippen molar-refractivity contribution >= 4 is 11.8 Å². The van der Waals surface area contributed by atoms with Crippen LogP contribution in [0.2, 0.25) is 0 Å². The number of primary amides is 1. The van der Waals surface area contributed by atoms with Crippen LogP contribution in [0.5, 0.6) is 0 Å². The van der Waals surface area contributed by atoms with Gasteiger partial charge in [-0.05, 0) is 37.3 Å². The lowest BCUT2D eigenvalue weighted by molar-refractivity contribution is -0.131. The third kappa shape index (κ3) is 2.91. The van der Waals surface area contributed by atoms with Gasteiger partial charge in [-0.2, -0.15) is 0 Å². The summed E-state index contributed by atoms with van der Waals surface area (Å²) >= 11 is 0. The lowest BCUT2D eigenvalue weighted by Crippen LogP contribution is -2.52. The molecule has 2 aliphatic rings. The number of rotatable bonds is 4. The number of likely N-dealkylation sites (tertiary alicyclic amines) is 1. The Morgan fingerprint density at radius 2 is 2.24 bits per heavy atom. The number of aromatic nitrogens is 1. The molecule has 1 aromatic heterocycles. The Labute approximate surface area is 124 Å². The third-order valence-corrected chi connectivity index (χ3v) is 4.67. The average Bonchev–Trinajstić information content (AvgIpc) is 3.31. The normalized spacial score (nSPS) is 25.6. The Bertz CT molecular complexity index is 542. The second-order valence-corrected chi connectivity index (χ2v) is 6.36. The molecule has 5 nitrogen and oxygen atoms in total. The van der Waals surface area contributed by atoms with E-state index in [2.05, 4.69) is 4.98 Å². The highest BCUT2D eigenvalue weighted by molar-refractivity contribution is 5.94. The second-order valence-electron chi connectivity index (χ2n) is 6.36. The van der Waals surface area contributed by atoms with Crippen LogP contribution in [-0.4, -0.2) is 34.8 Å². The maximum Gasteiger partial charge on any atom is 0.255 e. The van der Waals surface area contributed by atoms with Crippen molar-refractivity contribution < 1.29 is 9.59 Å². The minimum absolute atomic E-state index is 0.0516. The van der Waals surface area contributed by atoms with Crippen LogP contribution >= 0.6 is 0 Å². The first-order valence-electron chi connectivity index (χ1n) is 7.60. The van der Waals surface area contributed by atoms with Crippen molar-refractivity contribution in [2.24, 2.45) is 17.1 Å². The van der Waals surface area contributed by atoms with Crippen LogP contribution in [0.4, 0.5) is 0 Å². The SMILES string of the molecule is NC(=O)C1(CC2CC2)CCCN(C(=O)c2cccnc2)C1. The Kier molecular flexibility index (Phi) is 3.66. The first-order valence-corrected chi connectivity index (χ1v) is 7.60. The highest BCUT2D eigenvalue weighted by Gasteiger charge is 2.45. The number of amides is 2. The number of piperidine rings is 1. The van der Waals surface area contributed by atoms with Gasteiger partial charge in [-0.25, -0.2) is 0 Å². The minimum atomic E-state index is -0.530. The van der Waals surface area contributed by atoms with Gasteiger partial charge in [0.1, 0.15) is 0 Å². The standard InChI is InChI=1S/C16H21N3O2/c17-15(21)16(9-12-4-5-12)6-2-8-19(11-16)14(20)13-3-1-7-18-10-13/h1,3,7,10,12H,2,4-6,8-9,11H2,(H2,17,21). The van der Waals surface area contributed by atoms with Crippen molar-refractivity contribution in [3.05, 3.63) is 30.1 Å². The molecule has 3 rings (SSSR count). The molecule has 5 heteroatoms. The second kappa shape index (κ2) is 5.47. The largest absolute Gasteiger partial charge is 0.369 e. The van der Waals surface area contributed by atoms with Gasteiger partial charge < -0.3 is 10.6 Å². The summed E-state index contributed by atoms with van der Waals surface area (Å²) in [7, 11) is 0. The number of hydrogen-bond donors (Lipinski definition) is 1.